The number of aromatic nitrogens is 1. The summed E-state index contributed by atoms with van der Waals surface area (Å²) in [6.45, 7) is 0.722. The van der Waals surface area contributed by atoms with Crippen molar-refractivity contribution in [3.05, 3.63) is 28.4 Å². The second-order valence-corrected chi connectivity index (χ2v) is 4.72. The third-order valence-corrected chi connectivity index (χ3v) is 2.97. The highest BCUT2D eigenvalue weighted by Gasteiger charge is 2.12. The monoisotopic (exact) mass is 268 g/mol. The Morgan fingerprint density at radius 3 is 2.87 bits per heavy atom. The number of hydrogen-bond acceptors (Lipinski definition) is 2. The highest BCUT2D eigenvalue weighted by molar-refractivity contribution is 9.10. The fourth-order valence-electron chi connectivity index (χ4n) is 1.71. The average Bonchev–Trinajstić information content (AvgIpc) is 2.59. The Kier molecular flexibility index (Phi) is 2.71. The molecule has 1 heterocycles. The zero-order chi connectivity index (χ0) is 11.0. The first kappa shape index (κ1) is 10.5. The number of benzene rings is 1. The number of fused-ring (bicyclic) bond motifs is 1. The van der Waals surface area contributed by atoms with Crippen LogP contribution < -0.4 is 0 Å². The van der Waals surface area contributed by atoms with Crippen LogP contribution in [0.5, 0.6) is 5.75 Å². The third kappa shape index (κ3) is 1.87. The van der Waals surface area contributed by atoms with Crippen LogP contribution in [0.25, 0.3) is 10.9 Å². The highest BCUT2D eigenvalue weighted by Crippen LogP contribution is 2.34. The molecule has 0 fully saturated rings. The van der Waals surface area contributed by atoms with Gasteiger partial charge >= 0.3 is 0 Å². The fraction of sp³-hybridized carbons (Fsp3) is 0.273. The molecule has 0 bridgehead atoms. The number of H-pyrrole nitrogens is 1. The lowest BCUT2D eigenvalue weighted by Gasteiger charge is -2.13. The zero-order valence-corrected chi connectivity index (χ0v) is 10.3. The van der Waals surface area contributed by atoms with Crippen molar-refractivity contribution in [3.8, 4) is 5.75 Å². The predicted molar refractivity (Wildman–Crippen MR) is 65.1 cm³/mol. The molecule has 2 rings (SSSR count). The van der Waals surface area contributed by atoms with E-state index in [1.165, 1.54) is 0 Å². The lowest BCUT2D eigenvalue weighted by molar-refractivity contribution is 0.387. The summed E-state index contributed by atoms with van der Waals surface area (Å²) >= 11 is 3.35. The van der Waals surface area contributed by atoms with Gasteiger partial charge in [-0.25, -0.2) is 0 Å². The average molecular weight is 269 g/mol. The Balaban J connectivity index is 2.66. The molecule has 2 N–H and O–H groups in total. The number of hydrogen-bond donors (Lipinski definition) is 2. The van der Waals surface area contributed by atoms with Crippen LogP contribution in [0.3, 0.4) is 0 Å². The first-order valence-electron chi connectivity index (χ1n) is 4.71. The molecule has 0 radical (unpaired) electrons. The highest BCUT2D eigenvalue weighted by atomic mass is 79.9. The molecule has 15 heavy (non-hydrogen) atoms. The number of phenols is 1. The molecule has 0 saturated carbocycles. The van der Waals surface area contributed by atoms with E-state index in [1.54, 1.807) is 0 Å². The first-order chi connectivity index (χ1) is 7.09. The van der Waals surface area contributed by atoms with Crippen molar-refractivity contribution in [2.24, 2.45) is 0 Å². The van der Waals surface area contributed by atoms with Gasteiger partial charge in [0, 0.05) is 29.2 Å². The Hall–Kier alpha value is -1.00. The minimum absolute atomic E-state index is 0.329. The van der Waals surface area contributed by atoms with Gasteiger partial charge in [-0.15, -0.1) is 0 Å². The molecule has 0 aliphatic heterocycles. The van der Waals surface area contributed by atoms with E-state index in [9.17, 15) is 5.11 Å². The minimum Gasteiger partial charge on any atom is -0.506 e. The molecule has 1 aromatic carbocycles. The Bertz CT molecular complexity index is 491. The maximum atomic E-state index is 9.98. The summed E-state index contributed by atoms with van der Waals surface area (Å²) in [4.78, 5) is 5.18. The molecule has 0 aliphatic carbocycles. The number of nitrogens with zero attached hydrogens (tertiary/aromatic N) is 1. The van der Waals surface area contributed by atoms with Gasteiger partial charge in [0.05, 0.1) is 4.47 Å². The number of phenolic OH excluding ortho intramolecular Hbond substituents is 1. The predicted octanol–water partition coefficient (Wildman–Crippen LogP) is 2.70. The van der Waals surface area contributed by atoms with Crippen molar-refractivity contribution in [3.63, 3.8) is 0 Å². The van der Waals surface area contributed by atoms with Gasteiger partial charge < -0.3 is 15.0 Å². The zero-order valence-electron chi connectivity index (χ0n) is 8.71. The van der Waals surface area contributed by atoms with Crippen molar-refractivity contribution in [2.45, 2.75) is 6.54 Å². The summed E-state index contributed by atoms with van der Waals surface area (Å²) in [6.07, 6.45) is 1.88. The van der Waals surface area contributed by atoms with Crippen LogP contribution >= 0.6 is 15.9 Å². The Labute approximate surface area is 96.8 Å². The van der Waals surface area contributed by atoms with Gasteiger partial charge in [-0.1, -0.05) is 0 Å². The maximum absolute atomic E-state index is 9.98. The topological polar surface area (TPSA) is 39.3 Å². The van der Waals surface area contributed by atoms with Gasteiger partial charge in [-0.3, -0.25) is 0 Å². The Morgan fingerprint density at radius 2 is 2.20 bits per heavy atom. The second-order valence-electron chi connectivity index (χ2n) is 3.86. The molecule has 80 valence electrons. The quantitative estimate of drug-likeness (QED) is 0.879. The largest absolute Gasteiger partial charge is 0.506 e. The molecule has 2 aromatic rings. The maximum Gasteiger partial charge on any atom is 0.135 e. The molecule has 0 aliphatic rings. The van der Waals surface area contributed by atoms with Gasteiger partial charge in [0.25, 0.3) is 0 Å². The van der Waals surface area contributed by atoms with E-state index in [0.29, 0.717) is 5.75 Å². The van der Waals surface area contributed by atoms with Crippen molar-refractivity contribution in [2.75, 3.05) is 14.1 Å². The summed E-state index contributed by atoms with van der Waals surface area (Å²) in [5.74, 6) is 0.329. The van der Waals surface area contributed by atoms with Crippen LogP contribution in [-0.4, -0.2) is 29.1 Å². The van der Waals surface area contributed by atoms with Gasteiger partial charge in [-0.05, 0) is 42.2 Å². The van der Waals surface area contributed by atoms with E-state index in [-0.39, 0.29) is 0 Å². The van der Waals surface area contributed by atoms with E-state index in [0.717, 1.165) is 27.5 Å². The van der Waals surface area contributed by atoms with Crippen molar-refractivity contribution < 1.29 is 5.11 Å². The van der Waals surface area contributed by atoms with Crippen LogP contribution in [0, 0.1) is 0 Å². The summed E-state index contributed by atoms with van der Waals surface area (Å²) in [5, 5.41) is 11.0. The molecule has 0 atom stereocenters. The number of nitrogens with one attached hydrogen (secondary N) is 1. The van der Waals surface area contributed by atoms with E-state index in [1.807, 2.05) is 37.3 Å². The Morgan fingerprint density at radius 1 is 1.47 bits per heavy atom. The van der Waals surface area contributed by atoms with Gasteiger partial charge in [0.15, 0.2) is 0 Å². The van der Waals surface area contributed by atoms with Crippen LogP contribution in [0.1, 0.15) is 5.56 Å². The standard InChI is InChI=1S/C11H13BrN2O/c1-14(2)6-8-7-3-4-13-10(7)5-9(12)11(8)15/h3-5,13,15H,6H2,1-2H3. The summed E-state index contributed by atoms with van der Waals surface area (Å²) in [6, 6.07) is 3.88. The first-order valence-corrected chi connectivity index (χ1v) is 5.51. The molecule has 0 saturated heterocycles. The van der Waals surface area contributed by atoms with Gasteiger partial charge in [0.1, 0.15) is 5.75 Å². The SMILES string of the molecule is CN(C)Cc1c(O)c(Br)cc2[nH]ccc12. The number of aromatic hydroxyl groups is 1. The molecule has 4 heteroatoms. The lowest BCUT2D eigenvalue weighted by atomic mass is 10.1. The lowest BCUT2D eigenvalue weighted by Crippen LogP contribution is -2.11. The van der Waals surface area contributed by atoms with Crippen LogP contribution in [0.4, 0.5) is 0 Å². The van der Waals surface area contributed by atoms with E-state index >= 15 is 0 Å². The van der Waals surface area contributed by atoms with Gasteiger partial charge in [-0.2, -0.15) is 0 Å². The molecule has 1 aromatic heterocycles. The van der Waals surface area contributed by atoms with Crippen LogP contribution in [0.2, 0.25) is 0 Å². The molecular formula is C11H13BrN2O. The second kappa shape index (κ2) is 3.87. The number of aromatic amines is 1. The summed E-state index contributed by atoms with van der Waals surface area (Å²) in [5.41, 5.74) is 1.99. The number of halogens is 1. The molecule has 3 nitrogen and oxygen atoms in total. The summed E-state index contributed by atoms with van der Waals surface area (Å²) < 4.78 is 0.731. The van der Waals surface area contributed by atoms with E-state index in [2.05, 4.69) is 20.9 Å². The van der Waals surface area contributed by atoms with Gasteiger partial charge in [0.2, 0.25) is 0 Å². The van der Waals surface area contributed by atoms with E-state index in [4.69, 9.17) is 0 Å². The molecule has 0 amide bonds. The molecular weight excluding hydrogens is 256 g/mol. The summed E-state index contributed by atoms with van der Waals surface area (Å²) in [7, 11) is 3.97. The van der Waals surface area contributed by atoms with Crippen LogP contribution in [0.15, 0.2) is 22.8 Å². The normalized spacial score (nSPS) is 11.5. The van der Waals surface area contributed by atoms with Crippen molar-refractivity contribution in [1.82, 2.24) is 9.88 Å². The smallest absolute Gasteiger partial charge is 0.135 e. The van der Waals surface area contributed by atoms with Crippen LogP contribution in [-0.2, 0) is 6.54 Å². The van der Waals surface area contributed by atoms with E-state index < -0.39 is 0 Å². The number of rotatable bonds is 2. The fourth-order valence-corrected chi connectivity index (χ4v) is 2.18. The van der Waals surface area contributed by atoms with Crippen molar-refractivity contribution in [1.29, 1.82) is 0 Å². The molecule has 0 unspecified atom stereocenters. The third-order valence-electron chi connectivity index (χ3n) is 2.36. The molecule has 0 spiro atoms. The van der Waals surface area contributed by atoms with Crippen molar-refractivity contribution >= 4 is 26.8 Å². The minimum atomic E-state index is 0.329.